The Morgan fingerprint density at radius 3 is 2.62 bits per heavy atom. The molecule has 0 aromatic heterocycles. The van der Waals surface area contributed by atoms with Gasteiger partial charge in [-0.05, 0) is 57.7 Å². The van der Waals surface area contributed by atoms with Crippen LogP contribution in [0.15, 0.2) is 24.3 Å². The van der Waals surface area contributed by atoms with Crippen molar-refractivity contribution in [3.63, 3.8) is 0 Å². The molecule has 1 aromatic carbocycles. The quantitative estimate of drug-likeness (QED) is 0.704. The summed E-state index contributed by atoms with van der Waals surface area (Å²) in [6, 6.07) is 8.91. The Labute approximate surface area is 129 Å². The second kappa shape index (κ2) is 9.80. The monoisotopic (exact) mass is 291 g/mol. The molecule has 1 saturated heterocycles. The molecular formula is C18H29NO2. The van der Waals surface area contributed by atoms with Crippen LogP contribution in [0.4, 0.5) is 0 Å². The minimum atomic E-state index is 0.684. The zero-order chi connectivity index (χ0) is 14.8. The number of unbranched alkanes of at least 4 members (excludes halogenated alkanes) is 1. The molecule has 1 N–H and O–H groups in total. The van der Waals surface area contributed by atoms with Crippen molar-refractivity contribution in [2.45, 2.75) is 51.5 Å². The van der Waals surface area contributed by atoms with Gasteiger partial charge in [0.25, 0.3) is 0 Å². The first-order chi connectivity index (χ1) is 10.3. The first-order valence-corrected chi connectivity index (χ1v) is 8.35. The second-order valence-electron chi connectivity index (χ2n) is 5.92. The van der Waals surface area contributed by atoms with Crippen molar-refractivity contribution in [3.05, 3.63) is 29.8 Å². The smallest absolute Gasteiger partial charge is 0.119 e. The van der Waals surface area contributed by atoms with Gasteiger partial charge in [-0.25, -0.2) is 0 Å². The van der Waals surface area contributed by atoms with Gasteiger partial charge in [-0.15, -0.1) is 0 Å². The fraction of sp³-hybridized carbons (Fsp3) is 0.667. The van der Waals surface area contributed by atoms with Gasteiger partial charge in [0.2, 0.25) is 0 Å². The standard InChI is InChI=1S/C18H29NO2/c1-16-7-9-18(10-8-16)21-14-5-4-13-20-15-11-17-6-2-3-12-19-17/h7-10,17,19H,2-6,11-15H2,1H3. The van der Waals surface area contributed by atoms with Crippen LogP contribution in [-0.2, 0) is 4.74 Å². The van der Waals surface area contributed by atoms with Gasteiger partial charge in [0.15, 0.2) is 0 Å². The maximum Gasteiger partial charge on any atom is 0.119 e. The molecule has 1 fully saturated rings. The van der Waals surface area contributed by atoms with Crippen molar-refractivity contribution in [2.75, 3.05) is 26.4 Å². The Morgan fingerprint density at radius 2 is 1.86 bits per heavy atom. The van der Waals surface area contributed by atoms with Gasteiger partial charge < -0.3 is 14.8 Å². The van der Waals surface area contributed by atoms with Gasteiger partial charge >= 0.3 is 0 Å². The van der Waals surface area contributed by atoms with Crippen LogP contribution in [0.25, 0.3) is 0 Å². The van der Waals surface area contributed by atoms with E-state index < -0.39 is 0 Å². The molecule has 1 aliphatic heterocycles. The first-order valence-electron chi connectivity index (χ1n) is 8.35. The van der Waals surface area contributed by atoms with Crippen LogP contribution in [0.5, 0.6) is 5.75 Å². The van der Waals surface area contributed by atoms with E-state index in [1.54, 1.807) is 0 Å². The molecule has 1 aliphatic rings. The molecule has 0 saturated carbocycles. The Hall–Kier alpha value is -1.06. The topological polar surface area (TPSA) is 30.5 Å². The third kappa shape index (κ3) is 6.96. The normalized spacial score (nSPS) is 18.6. The number of aryl methyl sites for hydroxylation is 1. The molecule has 3 heteroatoms. The lowest BCUT2D eigenvalue weighted by Crippen LogP contribution is -2.34. The van der Waals surface area contributed by atoms with Crippen LogP contribution in [0.1, 0.15) is 44.1 Å². The summed E-state index contributed by atoms with van der Waals surface area (Å²) in [7, 11) is 0. The summed E-state index contributed by atoms with van der Waals surface area (Å²) in [6.07, 6.45) is 7.29. The van der Waals surface area contributed by atoms with E-state index in [0.29, 0.717) is 6.04 Å². The minimum absolute atomic E-state index is 0.684. The fourth-order valence-corrected chi connectivity index (χ4v) is 2.63. The van der Waals surface area contributed by atoms with Gasteiger partial charge in [-0.3, -0.25) is 0 Å². The highest BCUT2D eigenvalue weighted by Gasteiger charge is 2.11. The summed E-state index contributed by atoms with van der Waals surface area (Å²) in [6.45, 7) is 5.78. The Morgan fingerprint density at radius 1 is 1.05 bits per heavy atom. The van der Waals surface area contributed by atoms with Crippen molar-refractivity contribution >= 4 is 0 Å². The first kappa shape index (κ1) is 16.3. The van der Waals surface area contributed by atoms with Crippen LogP contribution in [0.2, 0.25) is 0 Å². The lowest BCUT2D eigenvalue weighted by molar-refractivity contribution is 0.114. The molecular weight excluding hydrogens is 262 g/mol. The van der Waals surface area contributed by atoms with E-state index in [0.717, 1.165) is 44.8 Å². The summed E-state index contributed by atoms with van der Waals surface area (Å²) >= 11 is 0. The molecule has 0 radical (unpaired) electrons. The van der Waals surface area contributed by atoms with Gasteiger partial charge in [0.05, 0.1) is 6.61 Å². The molecule has 1 unspecified atom stereocenters. The zero-order valence-corrected chi connectivity index (χ0v) is 13.3. The van der Waals surface area contributed by atoms with Crippen molar-refractivity contribution < 1.29 is 9.47 Å². The molecule has 0 amide bonds. The van der Waals surface area contributed by atoms with Gasteiger partial charge in [-0.2, -0.15) is 0 Å². The molecule has 3 nitrogen and oxygen atoms in total. The molecule has 118 valence electrons. The summed E-state index contributed by atoms with van der Waals surface area (Å²) in [5.41, 5.74) is 1.27. The van der Waals surface area contributed by atoms with E-state index in [1.807, 2.05) is 12.1 Å². The van der Waals surface area contributed by atoms with Crippen molar-refractivity contribution in [1.29, 1.82) is 0 Å². The second-order valence-corrected chi connectivity index (χ2v) is 5.92. The summed E-state index contributed by atoms with van der Waals surface area (Å²) in [4.78, 5) is 0. The van der Waals surface area contributed by atoms with E-state index >= 15 is 0 Å². The number of hydrogen-bond donors (Lipinski definition) is 1. The maximum atomic E-state index is 5.71. The van der Waals surface area contributed by atoms with Crippen LogP contribution in [0, 0.1) is 6.92 Å². The highest BCUT2D eigenvalue weighted by molar-refractivity contribution is 5.26. The summed E-state index contributed by atoms with van der Waals surface area (Å²) in [5.74, 6) is 0.963. The zero-order valence-electron chi connectivity index (χ0n) is 13.3. The molecule has 1 heterocycles. The lowest BCUT2D eigenvalue weighted by Gasteiger charge is -2.23. The number of hydrogen-bond acceptors (Lipinski definition) is 3. The van der Waals surface area contributed by atoms with E-state index in [-0.39, 0.29) is 0 Å². The van der Waals surface area contributed by atoms with Crippen molar-refractivity contribution in [2.24, 2.45) is 0 Å². The van der Waals surface area contributed by atoms with E-state index in [9.17, 15) is 0 Å². The van der Waals surface area contributed by atoms with Crippen LogP contribution >= 0.6 is 0 Å². The van der Waals surface area contributed by atoms with E-state index in [1.165, 1.54) is 31.4 Å². The van der Waals surface area contributed by atoms with E-state index in [2.05, 4.69) is 24.4 Å². The van der Waals surface area contributed by atoms with Crippen molar-refractivity contribution in [1.82, 2.24) is 5.32 Å². The molecule has 1 aromatic rings. The largest absolute Gasteiger partial charge is 0.494 e. The Bertz CT molecular complexity index is 371. The number of rotatable bonds is 9. The average molecular weight is 291 g/mol. The molecule has 1 atom stereocenters. The molecule has 0 aliphatic carbocycles. The predicted octanol–water partition coefficient (Wildman–Crippen LogP) is 3.70. The fourth-order valence-electron chi connectivity index (χ4n) is 2.63. The molecule has 0 bridgehead atoms. The summed E-state index contributed by atoms with van der Waals surface area (Å²) in [5, 5.41) is 3.55. The molecule has 2 rings (SSSR count). The average Bonchev–Trinajstić information content (AvgIpc) is 2.53. The molecule has 0 spiro atoms. The minimum Gasteiger partial charge on any atom is -0.494 e. The van der Waals surface area contributed by atoms with E-state index in [4.69, 9.17) is 9.47 Å². The Kier molecular flexibility index (Phi) is 7.61. The van der Waals surface area contributed by atoms with Crippen LogP contribution < -0.4 is 10.1 Å². The van der Waals surface area contributed by atoms with Gasteiger partial charge in [0, 0.05) is 19.3 Å². The van der Waals surface area contributed by atoms with Crippen molar-refractivity contribution in [3.8, 4) is 5.75 Å². The van der Waals surface area contributed by atoms with Crippen LogP contribution in [0.3, 0.4) is 0 Å². The maximum absolute atomic E-state index is 5.71. The number of nitrogens with one attached hydrogen (secondary N) is 1. The highest BCUT2D eigenvalue weighted by Crippen LogP contribution is 2.12. The number of ether oxygens (including phenoxy) is 2. The van der Waals surface area contributed by atoms with Gasteiger partial charge in [0.1, 0.15) is 5.75 Å². The predicted molar refractivity (Wildman–Crippen MR) is 87.0 cm³/mol. The highest BCUT2D eigenvalue weighted by atomic mass is 16.5. The third-order valence-corrected chi connectivity index (χ3v) is 4.00. The SMILES string of the molecule is Cc1ccc(OCCCCOCCC2CCCCN2)cc1. The van der Waals surface area contributed by atoms with Crippen LogP contribution in [-0.4, -0.2) is 32.4 Å². The Balaban J connectivity index is 1.40. The summed E-state index contributed by atoms with van der Waals surface area (Å²) < 4.78 is 11.4. The third-order valence-electron chi connectivity index (χ3n) is 4.00. The number of piperidine rings is 1. The number of benzene rings is 1. The lowest BCUT2D eigenvalue weighted by atomic mass is 10.0. The van der Waals surface area contributed by atoms with Gasteiger partial charge in [-0.1, -0.05) is 24.1 Å². The molecule has 21 heavy (non-hydrogen) atoms.